The number of hydrogen-bond acceptors (Lipinski definition) is 1. The summed E-state index contributed by atoms with van der Waals surface area (Å²) in [5.41, 5.74) is 3.81. The van der Waals surface area contributed by atoms with Crippen LogP contribution in [0.15, 0.2) is 54.7 Å². The van der Waals surface area contributed by atoms with Crippen molar-refractivity contribution in [3.63, 3.8) is 0 Å². The Morgan fingerprint density at radius 2 is 1.88 bits per heavy atom. The standard InChI is InChI=1S/C14H12N2/c1-11-14(12-7-3-2-4-8-12)15-13-9-5-6-10-16(11)13/h2-10H,1H3/i1D. The maximum atomic E-state index is 7.67. The lowest BCUT2D eigenvalue weighted by molar-refractivity contribution is 1.11. The van der Waals surface area contributed by atoms with Crippen LogP contribution < -0.4 is 0 Å². The van der Waals surface area contributed by atoms with Crippen molar-refractivity contribution in [1.82, 2.24) is 9.38 Å². The molecule has 0 atom stereocenters. The molecule has 0 unspecified atom stereocenters. The first kappa shape index (κ1) is 8.11. The Hall–Kier alpha value is -2.09. The van der Waals surface area contributed by atoms with Crippen LogP contribution in [0.2, 0.25) is 0 Å². The van der Waals surface area contributed by atoms with Crippen molar-refractivity contribution >= 4 is 5.65 Å². The highest BCUT2D eigenvalue weighted by Crippen LogP contribution is 2.22. The quantitative estimate of drug-likeness (QED) is 0.601. The third kappa shape index (κ3) is 1.31. The van der Waals surface area contributed by atoms with Gasteiger partial charge in [0, 0.05) is 18.8 Å². The predicted octanol–water partition coefficient (Wildman–Crippen LogP) is 3.31. The molecule has 3 aromatic rings. The Morgan fingerprint density at radius 3 is 2.69 bits per heavy atom. The molecule has 2 aromatic heterocycles. The zero-order valence-electron chi connectivity index (χ0n) is 9.80. The van der Waals surface area contributed by atoms with Crippen LogP contribution in [0, 0.1) is 6.90 Å². The van der Waals surface area contributed by atoms with Gasteiger partial charge in [0.2, 0.25) is 0 Å². The zero-order chi connectivity index (χ0) is 11.7. The minimum atomic E-state index is 0.232. The molecule has 16 heavy (non-hydrogen) atoms. The van der Waals surface area contributed by atoms with Crippen LogP contribution in [-0.2, 0) is 0 Å². The van der Waals surface area contributed by atoms with E-state index >= 15 is 0 Å². The minimum Gasteiger partial charge on any atom is -0.304 e. The van der Waals surface area contributed by atoms with Gasteiger partial charge in [-0.3, -0.25) is 0 Å². The van der Waals surface area contributed by atoms with Crippen molar-refractivity contribution in [2.75, 3.05) is 0 Å². The van der Waals surface area contributed by atoms with E-state index in [1.807, 2.05) is 59.1 Å². The molecule has 0 N–H and O–H groups in total. The summed E-state index contributed by atoms with van der Waals surface area (Å²) in [6.45, 7) is 0.232. The summed E-state index contributed by atoms with van der Waals surface area (Å²) in [7, 11) is 0. The third-order valence-corrected chi connectivity index (χ3v) is 2.68. The minimum absolute atomic E-state index is 0.232. The number of imidazole rings is 1. The molecule has 1 aromatic carbocycles. The van der Waals surface area contributed by atoms with Crippen molar-refractivity contribution in [3.8, 4) is 11.3 Å². The molecule has 3 rings (SSSR count). The van der Waals surface area contributed by atoms with Crippen molar-refractivity contribution in [3.05, 3.63) is 60.4 Å². The lowest BCUT2D eigenvalue weighted by Crippen LogP contribution is -1.85. The van der Waals surface area contributed by atoms with E-state index < -0.39 is 0 Å². The fraction of sp³-hybridized carbons (Fsp3) is 0.0714. The summed E-state index contributed by atoms with van der Waals surface area (Å²) in [6.07, 6.45) is 1.96. The summed E-state index contributed by atoms with van der Waals surface area (Å²) in [4.78, 5) is 4.60. The second kappa shape index (κ2) is 3.49. The average Bonchev–Trinajstić information content (AvgIpc) is 2.78. The molecule has 78 valence electrons. The van der Waals surface area contributed by atoms with Crippen molar-refractivity contribution < 1.29 is 1.37 Å². The lowest BCUT2D eigenvalue weighted by Gasteiger charge is -1.98. The van der Waals surface area contributed by atoms with Crippen molar-refractivity contribution in [2.45, 2.75) is 6.90 Å². The van der Waals surface area contributed by atoms with Crippen molar-refractivity contribution in [1.29, 1.82) is 0 Å². The second-order valence-electron chi connectivity index (χ2n) is 3.70. The zero-order valence-corrected chi connectivity index (χ0v) is 8.80. The van der Waals surface area contributed by atoms with E-state index in [1.54, 1.807) is 0 Å². The van der Waals surface area contributed by atoms with Crippen LogP contribution in [0.1, 0.15) is 7.06 Å². The van der Waals surface area contributed by atoms with Gasteiger partial charge in [0.1, 0.15) is 5.65 Å². The molecular formula is C14H12N2. The Labute approximate surface area is 95.6 Å². The summed E-state index contributed by atoms with van der Waals surface area (Å²) in [6, 6.07) is 15.9. The number of fused-ring (bicyclic) bond motifs is 1. The van der Waals surface area contributed by atoms with Gasteiger partial charge >= 0.3 is 0 Å². The molecule has 2 nitrogen and oxygen atoms in total. The van der Waals surface area contributed by atoms with E-state index in [2.05, 4.69) is 4.98 Å². The van der Waals surface area contributed by atoms with Gasteiger partial charge in [-0.15, -0.1) is 0 Å². The van der Waals surface area contributed by atoms with E-state index in [4.69, 9.17) is 1.37 Å². The highest BCUT2D eigenvalue weighted by atomic mass is 15.0. The van der Waals surface area contributed by atoms with E-state index in [0.29, 0.717) is 0 Å². The van der Waals surface area contributed by atoms with E-state index in [9.17, 15) is 0 Å². The molecule has 0 amide bonds. The van der Waals surface area contributed by atoms with Crippen molar-refractivity contribution in [2.24, 2.45) is 0 Å². The largest absolute Gasteiger partial charge is 0.304 e. The van der Waals surface area contributed by atoms with E-state index in [1.165, 1.54) is 0 Å². The van der Waals surface area contributed by atoms with Crippen LogP contribution in [0.5, 0.6) is 0 Å². The number of aromatic nitrogens is 2. The summed E-state index contributed by atoms with van der Waals surface area (Å²) in [5, 5.41) is 0. The van der Waals surface area contributed by atoms with Crippen LogP contribution in [-0.4, -0.2) is 9.38 Å². The Kier molecular flexibility index (Phi) is 1.77. The second-order valence-corrected chi connectivity index (χ2v) is 3.70. The molecule has 0 fully saturated rings. The molecule has 2 heteroatoms. The normalized spacial score (nSPS) is 11.6. The van der Waals surface area contributed by atoms with Gasteiger partial charge in [-0.2, -0.15) is 0 Å². The predicted molar refractivity (Wildman–Crippen MR) is 65.4 cm³/mol. The van der Waals surface area contributed by atoms with Gasteiger partial charge in [-0.1, -0.05) is 36.4 Å². The van der Waals surface area contributed by atoms with Gasteiger partial charge in [0.15, 0.2) is 0 Å². The highest BCUT2D eigenvalue weighted by molar-refractivity contribution is 5.66. The van der Waals surface area contributed by atoms with Gasteiger partial charge in [-0.05, 0) is 19.0 Å². The number of nitrogens with zero attached hydrogens (tertiary/aromatic N) is 2. The fourth-order valence-corrected chi connectivity index (χ4v) is 1.87. The number of benzene rings is 1. The molecule has 0 spiro atoms. The molecule has 2 heterocycles. The maximum absolute atomic E-state index is 7.67. The Bertz CT molecular complexity index is 644. The molecule has 0 aliphatic carbocycles. The maximum Gasteiger partial charge on any atom is 0.137 e. The molecular weight excluding hydrogens is 196 g/mol. The topological polar surface area (TPSA) is 17.3 Å². The average molecular weight is 209 g/mol. The van der Waals surface area contributed by atoms with Gasteiger partial charge in [0.05, 0.1) is 5.69 Å². The highest BCUT2D eigenvalue weighted by Gasteiger charge is 2.08. The first-order chi connectivity index (χ1) is 8.40. The molecule has 0 saturated carbocycles. The first-order valence-electron chi connectivity index (χ1n) is 5.91. The Balaban J connectivity index is 2.30. The molecule has 0 bridgehead atoms. The number of aryl methyl sites for hydroxylation is 1. The molecule has 0 aliphatic heterocycles. The third-order valence-electron chi connectivity index (χ3n) is 2.68. The van der Waals surface area contributed by atoms with Crippen LogP contribution >= 0.6 is 0 Å². The van der Waals surface area contributed by atoms with Crippen LogP contribution in [0.4, 0.5) is 0 Å². The summed E-state index contributed by atoms with van der Waals surface area (Å²) in [5.74, 6) is 0. The lowest BCUT2D eigenvalue weighted by atomic mass is 10.1. The number of hydrogen-bond donors (Lipinski definition) is 0. The summed E-state index contributed by atoms with van der Waals surface area (Å²) < 4.78 is 9.65. The van der Waals surface area contributed by atoms with Gasteiger partial charge in [0.25, 0.3) is 0 Å². The molecule has 0 radical (unpaired) electrons. The van der Waals surface area contributed by atoms with E-state index in [0.717, 1.165) is 22.6 Å². The SMILES string of the molecule is [2H]Cc1c(-c2ccccc2)nc2ccccn12. The van der Waals surface area contributed by atoms with Crippen LogP contribution in [0.25, 0.3) is 16.9 Å². The fourth-order valence-electron chi connectivity index (χ4n) is 1.87. The van der Waals surface area contributed by atoms with E-state index in [-0.39, 0.29) is 6.90 Å². The number of pyridine rings is 1. The number of rotatable bonds is 1. The van der Waals surface area contributed by atoms with Gasteiger partial charge < -0.3 is 4.40 Å². The summed E-state index contributed by atoms with van der Waals surface area (Å²) >= 11 is 0. The Morgan fingerprint density at radius 1 is 1.06 bits per heavy atom. The molecule has 0 saturated heterocycles. The van der Waals surface area contributed by atoms with Gasteiger partial charge in [-0.25, -0.2) is 4.98 Å². The smallest absolute Gasteiger partial charge is 0.137 e. The van der Waals surface area contributed by atoms with Crippen LogP contribution in [0.3, 0.4) is 0 Å². The molecule has 0 aliphatic rings. The monoisotopic (exact) mass is 209 g/mol. The first-order valence-corrected chi connectivity index (χ1v) is 5.21.